The molecule has 2 N–H and O–H groups in total. The smallest absolute Gasteiger partial charge is 0.250 e. The van der Waals surface area contributed by atoms with E-state index in [0.29, 0.717) is 12.0 Å². The van der Waals surface area contributed by atoms with E-state index in [1.807, 2.05) is 24.3 Å². The molecule has 4 nitrogen and oxygen atoms in total. The molecule has 1 aromatic rings. The molecule has 0 aliphatic heterocycles. The number of nitrogens with one attached hydrogen (secondary N) is 2. The molecule has 0 radical (unpaired) electrons. The zero-order valence-electron chi connectivity index (χ0n) is 13.2. The van der Waals surface area contributed by atoms with Crippen LogP contribution in [0.2, 0.25) is 0 Å². The summed E-state index contributed by atoms with van der Waals surface area (Å²) in [6.45, 7) is 4.76. The summed E-state index contributed by atoms with van der Waals surface area (Å²) in [6.07, 6.45) is 3.87. The molecule has 0 bridgehead atoms. The molecule has 0 heterocycles. The maximum Gasteiger partial charge on any atom is 0.250 e. The van der Waals surface area contributed by atoms with Gasteiger partial charge in [0.15, 0.2) is 0 Å². The van der Waals surface area contributed by atoms with Crippen molar-refractivity contribution in [2.24, 2.45) is 11.8 Å². The molecular weight excluding hydrogens is 264 g/mol. The van der Waals surface area contributed by atoms with Gasteiger partial charge in [-0.15, -0.1) is 0 Å². The highest BCUT2D eigenvalue weighted by atomic mass is 16.5. The molecule has 3 atom stereocenters. The van der Waals surface area contributed by atoms with Crippen LogP contribution in [0.1, 0.15) is 33.1 Å². The van der Waals surface area contributed by atoms with Crippen LogP contribution in [0.15, 0.2) is 24.3 Å². The number of benzene rings is 1. The van der Waals surface area contributed by atoms with Crippen molar-refractivity contribution in [3.8, 4) is 0 Å². The maximum absolute atomic E-state index is 11.4. The Labute approximate surface area is 127 Å². The molecule has 1 aromatic carbocycles. The number of ether oxygens (including phenoxy) is 1. The standard InChI is InChI=1S/C17H26N2O2/c1-12-5-4-6-16(13(12)2)18-14-7-9-15(10-8-14)19-17(20)11-21-3/h7-10,12-13,16,18H,4-6,11H2,1-3H3,(H,19,20). The largest absolute Gasteiger partial charge is 0.382 e. The number of rotatable bonds is 5. The average Bonchev–Trinajstić information content (AvgIpc) is 2.46. The monoisotopic (exact) mass is 290 g/mol. The third-order valence-electron chi connectivity index (χ3n) is 4.50. The third kappa shape index (κ3) is 4.46. The minimum Gasteiger partial charge on any atom is -0.382 e. The second kappa shape index (κ2) is 7.46. The third-order valence-corrected chi connectivity index (χ3v) is 4.50. The molecule has 21 heavy (non-hydrogen) atoms. The van der Waals surface area contributed by atoms with E-state index < -0.39 is 0 Å². The van der Waals surface area contributed by atoms with E-state index in [1.54, 1.807) is 0 Å². The van der Waals surface area contributed by atoms with Crippen LogP contribution in [0, 0.1) is 11.8 Å². The van der Waals surface area contributed by atoms with Crippen LogP contribution in [0.4, 0.5) is 11.4 Å². The van der Waals surface area contributed by atoms with Gasteiger partial charge >= 0.3 is 0 Å². The predicted octanol–water partition coefficient (Wildman–Crippen LogP) is 3.51. The quantitative estimate of drug-likeness (QED) is 0.872. The number of carbonyl (C=O) groups is 1. The minimum absolute atomic E-state index is 0.0808. The molecule has 3 unspecified atom stereocenters. The van der Waals surface area contributed by atoms with Gasteiger partial charge in [-0.3, -0.25) is 4.79 Å². The molecule has 1 amide bonds. The zero-order chi connectivity index (χ0) is 15.2. The van der Waals surface area contributed by atoms with Gasteiger partial charge in [0, 0.05) is 24.5 Å². The Kier molecular flexibility index (Phi) is 5.62. The van der Waals surface area contributed by atoms with Gasteiger partial charge in [0.25, 0.3) is 0 Å². The van der Waals surface area contributed by atoms with Crippen LogP contribution >= 0.6 is 0 Å². The van der Waals surface area contributed by atoms with Crippen molar-refractivity contribution in [3.05, 3.63) is 24.3 Å². The first kappa shape index (κ1) is 15.8. The van der Waals surface area contributed by atoms with Crippen molar-refractivity contribution in [2.45, 2.75) is 39.2 Å². The summed E-state index contributed by atoms with van der Waals surface area (Å²) in [5, 5.41) is 6.43. The first-order valence-electron chi connectivity index (χ1n) is 7.75. The fourth-order valence-corrected chi connectivity index (χ4v) is 2.98. The van der Waals surface area contributed by atoms with Gasteiger partial charge in [-0.1, -0.05) is 26.7 Å². The van der Waals surface area contributed by atoms with Crippen molar-refractivity contribution in [3.63, 3.8) is 0 Å². The molecule has 2 rings (SSSR count). The predicted molar refractivity (Wildman–Crippen MR) is 86.5 cm³/mol. The second-order valence-corrected chi connectivity index (χ2v) is 6.08. The first-order chi connectivity index (χ1) is 10.1. The fourth-order valence-electron chi connectivity index (χ4n) is 2.98. The number of hydrogen-bond acceptors (Lipinski definition) is 3. The number of amides is 1. The van der Waals surface area contributed by atoms with Gasteiger partial charge in [0.05, 0.1) is 0 Å². The Bertz CT molecular complexity index is 458. The maximum atomic E-state index is 11.4. The van der Waals surface area contributed by atoms with Gasteiger partial charge in [0.2, 0.25) is 5.91 Å². The fraction of sp³-hybridized carbons (Fsp3) is 0.588. The van der Waals surface area contributed by atoms with E-state index in [0.717, 1.165) is 17.3 Å². The lowest BCUT2D eigenvalue weighted by Crippen LogP contribution is -2.34. The van der Waals surface area contributed by atoms with Gasteiger partial charge in [-0.05, 0) is 42.5 Å². The van der Waals surface area contributed by atoms with Crippen LogP contribution in [0.25, 0.3) is 0 Å². The molecule has 0 spiro atoms. The van der Waals surface area contributed by atoms with Crippen LogP contribution in [-0.2, 0) is 9.53 Å². The summed E-state index contributed by atoms with van der Waals surface area (Å²) < 4.78 is 4.80. The van der Waals surface area contributed by atoms with E-state index in [9.17, 15) is 4.79 Å². The van der Waals surface area contributed by atoms with E-state index in [-0.39, 0.29) is 12.5 Å². The molecule has 0 aromatic heterocycles. The minimum atomic E-state index is -0.132. The summed E-state index contributed by atoms with van der Waals surface area (Å²) in [6, 6.07) is 8.44. The van der Waals surface area contributed by atoms with E-state index >= 15 is 0 Å². The number of anilines is 2. The van der Waals surface area contributed by atoms with Crippen LogP contribution in [0.3, 0.4) is 0 Å². The lowest BCUT2D eigenvalue weighted by molar-refractivity contribution is -0.119. The lowest BCUT2D eigenvalue weighted by atomic mass is 9.78. The molecule has 1 fully saturated rings. The number of methoxy groups -OCH3 is 1. The number of carbonyl (C=O) groups excluding carboxylic acids is 1. The highest BCUT2D eigenvalue weighted by molar-refractivity contribution is 5.91. The molecule has 1 aliphatic rings. The van der Waals surface area contributed by atoms with Gasteiger partial charge in [-0.2, -0.15) is 0 Å². The topological polar surface area (TPSA) is 50.4 Å². The Morgan fingerprint density at radius 3 is 2.52 bits per heavy atom. The van der Waals surface area contributed by atoms with Gasteiger partial charge in [0.1, 0.15) is 6.61 Å². The highest BCUT2D eigenvalue weighted by Gasteiger charge is 2.26. The van der Waals surface area contributed by atoms with E-state index in [1.165, 1.54) is 26.4 Å². The van der Waals surface area contributed by atoms with Crippen molar-refractivity contribution >= 4 is 17.3 Å². The van der Waals surface area contributed by atoms with E-state index in [2.05, 4.69) is 24.5 Å². The lowest BCUT2D eigenvalue weighted by Gasteiger charge is -2.35. The summed E-state index contributed by atoms with van der Waals surface area (Å²) in [4.78, 5) is 11.4. The Morgan fingerprint density at radius 1 is 1.19 bits per heavy atom. The van der Waals surface area contributed by atoms with Crippen molar-refractivity contribution in [1.29, 1.82) is 0 Å². The average molecular weight is 290 g/mol. The molecule has 1 aliphatic carbocycles. The summed E-state index contributed by atoms with van der Waals surface area (Å²) >= 11 is 0. The summed E-state index contributed by atoms with van der Waals surface area (Å²) in [7, 11) is 1.51. The molecule has 1 saturated carbocycles. The number of hydrogen-bond donors (Lipinski definition) is 2. The van der Waals surface area contributed by atoms with Crippen LogP contribution in [-0.4, -0.2) is 25.7 Å². The Balaban J connectivity index is 1.91. The van der Waals surface area contributed by atoms with E-state index in [4.69, 9.17) is 4.74 Å². The van der Waals surface area contributed by atoms with Crippen molar-refractivity contribution in [1.82, 2.24) is 0 Å². The Hall–Kier alpha value is -1.55. The van der Waals surface area contributed by atoms with Crippen molar-refractivity contribution < 1.29 is 9.53 Å². The zero-order valence-corrected chi connectivity index (χ0v) is 13.2. The normalized spacial score (nSPS) is 25.4. The van der Waals surface area contributed by atoms with Crippen LogP contribution in [0.5, 0.6) is 0 Å². The van der Waals surface area contributed by atoms with Gasteiger partial charge < -0.3 is 15.4 Å². The SMILES string of the molecule is COCC(=O)Nc1ccc(NC2CCCC(C)C2C)cc1. The Morgan fingerprint density at radius 2 is 1.86 bits per heavy atom. The molecule has 0 saturated heterocycles. The van der Waals surface area contributed by atoms with Crippen molar-refractivity contribution in [2.75, 3.05) is 24.4 Å². The van der Waals surface area contributed by atoms with Gasteiger partial charge in [-0.25, -0.2) is 0 Å². The summed E-state index contributed by atoms with van der Waals surface area (Å²) in [5.74, 6) is 1.34. The highest BCUT2D eigenvalue weighted by Crippen LogP contribution is 2.31. The first-order valence-corrected chi connectivity index (χ1v) is 7.75. The summed E-state index contributed by atoms with van der Waals surface area (Å²) in [5.41, 5.74) is 1.92. The van der Waals surface area contributed by atoms with Crippen LogP contribution < -0.4 is 10.6 Å². The molecule has 116 valence electrons. The molecular formula is C17H26N2O2. The second-order valence-electron chi connectivity index (χ2n) is 6.08. The molecule has 4 heteroatoms.